The molecule has 2 saturated carbocycles. The summed E-state index contributed by atoms with van der Waals surface area (Å²) < 4.78 is 5.76. The number of benzene rings is 1. The second-order valence-electron chi connectivity index (χ2n) is 8.02. The summed E-state index contributed by atoms with van der Waals surface area (Å²) in [6, 6.07) is 4.47. The molecule has 3 aliphatic rings. The molecule has 1 aromatic rings. The summed E-state index contributed by atoms with van der Waals surface area (Å²) in [7, 11) is 0. The summed E-state index contributed by atoms with van der Waals surface area (Å²) >= 11 is 0. The van der Waals surface area contributed by atoms with Gasteiger partial charge in [0.15, 0.2) is 0 Å². The summed E-state index contributed by atoms with van der Waals surface area (Å²) in [5.74, 6) is 3.50. The Morgan fingerprint density at radius 2 is 2.09 bits per heavy atom. The Morgan fingerprint density at radius 1 is 1.23 bits per heavy atom. The van der Waals surface area contributed by atoms with E-state index in [0.717, 1.165) is 29.2 Å². The van der Waals surface area contributed by atoms with Crippen LogP contribution in [-0.2, 0) is 6.42 Å². The molecule has 2 N–H and O–H groups in total. The SMILES string of the molecule is CCOc1cc2c(cc1N)CCC1C2CC[C@]2(C)CCCC12. The van der Waals surface area contributed by atoms with Gasteiger partial charge in [-0.05, 0) is 91.9 Å². The molecule has 0 aliphatic heterocycles. The zero-order chi connectivity index (χ0) is 15.3. The quantitative estimate of drug-likeness (QED) is 0.787. The van der Waals surface area contributed by atoms with Gasteiger partial charge < -0.3 is 10.5 Å². The number of nitrogens with two attached hydrogens (primary N) is 1. The van der Waals surface area contributed by atoms with Crippen molar-refractivity contribution in [2.45, 2.75) is 64.7 Å². The fraction of sp³-hybridized carbons (Fsp3) is 0.700. The molecule has 120 valence electrons. The molecule has 0 amide bonds. The number of hydrogen-bond acceptors (Lipinski definition) is 2. The van der Waals surface area contributed by atoms with Crippen LogP contribution in [0.4, 0.5) is 5.69 Å². The highest BCUT2D eigenvalue weighted by molar-refractivity contribution is 5.58. The van der Waals surface area contributed by atoms with E-state index >= 15 is 0 Å². The Kier molecular flexibility index (Phi) is 3.39. The van der Waals surface area contributed by atoms with Crippen LogP contribution in [0.25, 0.3) is 0 Å². The molecule has 0 saturated heterocycles. The first-order chi connectivity index (χ1) is 10.6. The van der Waals surface area contributed by atoms with Gasteiger partial charge in [-0.1, -0.05) is 13.3 Å². The fourth-order valence-corrected chi connectivity index (χ4v) is 5.89. The van der Waals surface area contributed by atoms with Crippen molar-refractivity contribution in [2.24, 2.45) is 17.3 Å². The van der Waals surface area contributed by atoms with E-state index in [1.165, 1.54) is 50.5 Å². The number of ether oxygens (including phenoxy) is 1. The predicted molar refractivity (Wildman–Crippen MR) is 91.3 cm³/mol. The molecule has 1 aromatic carbocycles. The number of rotatable bonds is 2. The van der Waals surface area contributed by atoms with Gasteiger partial charge in [-0.3, -0.25) is 0 Å². The molecular formula is C20H29NO. The zero-order valence-electron chi connectivity index (χ0n) is 14.0. The van der Waals surface area contributed by atoms with Crippen molar-refractivity contribution in [3.63, 3.8) is 0 Å². The van der Waals surface area contributed by atoms with Crippen molar-refractivity contribution in [1.29, 1.82) is 0 Å². The largest absolute Gasteiger partial charge is 0.492 e. The van der Waals surface area contributed by atoms with Crippen molar-refractivity contribution in [3.05, 3.63) is 23.3 Å². The number of hydrogen-bond donors (Lipinski definition) is 1. The second kappa shape index (κ2) is 5.18. The maximum Gasteiger partial charge on any atom is 0.142 e. The summed E-state index contributed by atoms with van der Waals surface area (Å²) in [5.41, 5.74) is 10.7. The van der Waals surface area contributed by atoms with Gasteiger partial charge in [-0.15, -0.1) is 0 Å². The van der Waals surface area contributed by atoms with Gasteiger partial charge in [0.05, 0.1) is 12.3 Å². The molecule has 3 aliphatic carbocycles. The van der Waals surface area contributed by atoms with E-state index in [4.69, 9.17) is 10.5 Å². The summed E-state index contributed by atoms with van der Waals surface area (Å²) in [6.07, 6.45) is 9.71. The van der Waals surface area contributed by atoms with Gasteiger partial charge in [-0.25, -0.2) is 0 Å². The third kappa shape index (κ3) is 2.06. The molecule has 4 rings (SSSR count). The molecule has 2 nitrogen and oxygen atoms in total. The molecule has 0 radical (unpaired) electrons. The molecule has 0 bridgehead atoms. The summed E-state index contributed by atoms with van der Waals surface area (Å²) in [5, 5.41) is 0. The highest BCUT2D eigenvalue weighted by Crippen LogP contribution is 2.61. The molecule has 3 unspecified atom stereocenters. The van der Waals surface area contributed by atoms with Crippen molar-refractivity contribution in [1.82, 2.24) is 0 Å². The van der Waals surface area contributed by atoms with Crippen molar-refractivity contribution in [3.8, 4) is 5.75 Å². The van der Waals surface area contributed by atoms with Crippen LogP contribution in [0.3, 0.4) is 0 Å². The Labute approximate surface area is 134 Å². The highest BCUT2D eigenvalue weighted by Gasteiger charge is 2.50. The third-order valence-electron chi connectivity index (χ3n) is 6.94. The minimum atomic E-state index is 0.634. The van der Waals surface area contributed by atoms with E-state index in [2.05, 4.69) is 19.1 Å². The van der Waals surface area contributed by atoms with E-state index in [-0.39, 0.29) is 0 Å². The van der Waals surface area contributed by atoms with Gasteiger partial charge in [0.1, 0.15) is 5.75 Å². The Bertz CT molecular complexity index is 581. The van der Waals surface area contributed by atoms with Crippen molar-refractivity contribution < 1.29 is 4.74 Å². The van der Waals surface area contributed by atoms with E-state index in [1.54, 1.807) is 5.56 Å². The maximum absolute atomic E-state index is 6.18. The molecule has 2 heteroatoms. The van der Waals surface area contributed by atoms with E-state index < -0.39 is 0 Å². The van der Waals surface area contributed by atoms with E-state index in [1.807, 2.05) is 6.92 Å². The fourth-order valence-electron chi connectivity index (χ4n) is 5.89. The minimum Gasteiger partial charge on any atom is -0.492 e. The van der Waals surface area contributed by atoms with Gasteiger partial charge in [0.25, 0.3) is 0 Å². The molecule has 0 aromatic heterocycles. The maximum atomic E-state index is 6.18. The Balaban J connectivity index is 1.71. The lowest BCUT2D eigenvalue weighted by Gasteiger charge is -2.49. The normalized spacial score (nSPS) is 36.4. The lowest BCUT2D eigenvalue weighted by atomic mass is 9.56. The lowest BCUT2D eigenvalue weighted by Crippen LogP contribution is -2.39. The lowest BCUT2D eigenvalue weighted by molar-refractivity contribution is 0.0598. The van der Waals surface area contributed by atoms with Crippen LogP contribution >= 0.6 is 0 Å². The summed E-state index contributed by atoms with van der Waals surface area (Å²) in [4.78, 5) is 0. The highest BCUT2D eigenvalue weighted by atomic mass is 16.5. The predicted octanol–water partition coefficient (Wildman–Crippen LogP) is 4.91. The van der Waals surface area contributed by atoms with Gasteiger partial charge in [-0.2, -0.15) is 0 Å². The van der Waals surface area contributed by atoms with Crippen LogP contribution in [0.2, 0.25) is 0 Å². The van der Waals surface area contributed by atoms with Gasteiger partial charge >= 0.3 is 0 Å². The van der Waals surface area contributed by atoms with Crippen LogP contribution in [-0.4, -0.2) is 6.61 Å². The molecular weight excluding hydrogens is 270 g/mol. The number of nitrogen functional groups attached to an aromatic ring is 1. The van der Waals surface area contributed by atoms with E-state index in [9.17, 15) is 0 Å². The summed E-state index contributed by atoms with van der Waals surface area (Å²) in [6.45, 7) is 5.29. The Morgan fingerprint density at radius 3 is 2.91 bits per heavy atom. The van der Waals surface area contributed by atoms with Crippen LogP contribution in [0.1, 0.15) is 69.4 Å². The molecule has 4 atom stereocenters. The monoisotopic (exact) mass is 299 g/mol. The van der Waals surface area contributed by atoms with Gasteiger partial charge in [0.2, 0.25) is 0 Å². The Hall–Kier alpha value is -1.18. The second-order valence-corrected chi connectivity index (χ2v) is 8.02. The molecule has 0 spiro atoms. The van der Waals surface area contributed by atoms with Crippen LogP contribution in [0.5, 0.6) is 5.75 Å². The number of aryl methyl sites for hydroxylation is 1. The minimum absolute atomic E-state index is 0.634. The van der Waals surface area contributed by atoms with Crippen molar-refractivity contribution >= 4 is 5.69 Å². The first-order valence-electron chi connectivity index (χ1n) is 9.17. The zero-order valence-corrected chi connectivity index (χ0v) is 14.0. The average Bonchev–Trinajstić information content (AvgIpc) is 2.90. The smallest absolute Gasteiger partial charge is 0.142 e. The first-order valence-corrected chi connectivity index (χ1v) is 9.17. The third-order valence-corrected chi connectivity index (χ3v) is 6.94. The van der Waals surface area contributed by atoms with Crippen molar-refractivity contribution in [2.75, 3.05) is 12.3 Å². The molecule has 22 heavy (non-hydrogen) atoms. The van der Waals surface area contributed by atoms with Gasteiger partial charge in [0, 0.05) is 0 Å². The average molecular weight is 299 g/mol. The van der Waals surface area contributed by atoms with E-state index in [0.29, 0.717) is 12.0 Å². The number of anilines is 1. The topological polar surface area (TPSA) is 35.2 Å². The number of fused-ring (bicyclic) bond motifs is 5. The molecule has 0 heterocycles. The standard InChI is InChI=1S/C20H29NO/c1-3-22-19-12-16-13(11-18(19)21)6-7-15-14(16)8-10-20(2)9-4-5-17(15)20/h11-12,14-15,17H,3-10,21H2,1-2H3/t14?,15?,17?,20-/m0/s1. The first kappa shape index (κ1) is 14.4. The molecule has 2 fully saturated rings. The van der Waals surface area contributed by atoms with Crippen LogP contribution in [0, 0.1) is 17.3 Å². The van der Waals surface area contributed by atoms with Crippen LogP contribution < -0.4 is 10.5 Å². The van der Waals surface area contributed by atoms with Crippen LogP contribution in [0.15, 0.2) is 12.1 Å².